The van der Waals surface area contributed by atoms with Crippen LogP contribution in [0.3, 0.4) is 0 Å². The molecule has 3 heteroatoms. The fourth-order valence-corrected chi connectivity index (χ4v) is 3.84. The number of aryl methyl sites for hydroxylation is 3. The van der Waals surface area contributed by atoms with Gasteiger partial charge < -0.3 is 8.98 Å². The Morgan fingerprint density at radius 2 is 2.04 bits per heavy atom. The van der Waals surface area contributed by atoms with Gasteiger partial charge in [0.25, 0.3) is 0 Å². The molecule has 3 nitrogen and oxygen atoms in total. The molecule has 0 fully saturated rings. The smallest absolute Gasteiger partial charge is 0.0947 e. The van der Waals surface area contributed by atoms with Gasteiger partial charge in [-0.2, -0.15) is 0 Å². The molecule has 1 aromatic carbocycles. The van der Waals surface area contributed by atoms with Gasteiger partial charge in [0.1, 0.15) is 0 Å². The fraction of sp³-hybridized carbons (Fsp3) is 0.333. The molecule has 4 rings (SSSR count). The molecular formula is C21H24N2O. The molecule has 1 aliphatic rings. The van der Waals surface area contributed by atoms with E-state index in [0.717, 1.165) is 19.6 Å². The Kier molecular flexibility index (Phi) is 4.03. The second kappa shape index (κ2) is 6.33. The van der Waals surface area contributed by atoms with Crippen molar-refractivity contribution in [2.75, 3.05) is 6.54 Å². The van der Waals surface area contributed by atoms with E-state index in [1.54, 1.807) is 6.26 Å². The van der Waals surface area contributed by atoms with E-state index < -0.39 is 0 Å². The molecule has 3 heterocycles. The molecular weight excluding hydrogens is 296 g/mol. The number of aromatic nitrogens is 1. The molecule has 1 unspecified atom stereocenters. The number of fused-ring (bicyclic) bond motifs is 1. The first kappa shape index (κ1) is 15.3. The summed E-state index contributed by atoms with van der Waals surface area (Å²) in [5.41, 5.74) is 6.73. The van der Waals surface area contributed by atoms with Crippen LogP contribution in [0.5, 0.6) is 0 Å². The summed E-state index contributed by atoms with van der Waals surface area (Å²) in [6.07, 6.45) is 7.02. The molecule has 1 atom stereocenters. The quantitative estimate of drug-likeness (QED) is 0.698. The van der Waals surface area contributed by atoms with Crippen molar-refractivity contribution in [1.29, 1.82) is 0 Å². The van der Waals surface area contributed by atoms with Crippen molar-refractivity contribution in [1.82, 2.24) is 9.47 Å². The Labute approximate surface area is 143 Å². The molecule has 24 heavy (non-hydrogen) atoms. The molecule has 2 aromatic heterocycles. The first-order valence-electron chi connectivity index (χ1n) is 8.70. The summed E-state index contributed by atoms with van der Waals surface area (Å²) in [6.45, 7) is 7.50. The third-order valence-electron chi connectivity index (χ3n) is 5.05. The summed E-state index contributed by atoms with van der Waals surface area (Å²) in [7, 11) is 0. The molecule has 124 valence electrons. The molecule has 0 spiro atoms. The van der Waals surface area contributed by atoms with E-state index in [-0.39, 0.29) is 6.04 Å². The number of rotatable bonds is 3. The number of nitrogens with zero attached hydrogens (tertiary/aromatic N) is 2. The third-order valence-corrected chi connectivity index (χ3v) is 5.05. The Hall–Kier alpha value is -2.26. The minimum absolute atomic E-state index is 0.289. The second-order valence-corrected chi connectivity index (χ2v) is 6.84. The minimum atomic E-state index is 0.289. The van der Waals surface area contributed by atoms with Crippen molar-refractivity contribution in [2.24, 2.45) is 0 Å². The maximum absolute atomic E-state index is 5.29. The van der Waals surface area contributed by atoms with Gasteiger partial charge in [-0.1, -0.05) is 23.8 Å². The molecule has 0 radical (unpaired) electrons. The highest BCUT2D eigenvalue weighted by Gasteiger charge is 2.28. The maximum atomic E-state index is 5.29. The average molecular weight is 320 g/mol. The molecule has 1 aliphatic heterocycles. The van der Waals surface area contributed by atoms with Gasteiger partial charge in [0.05, 0.1) is 18.6 Å². The number of benzene rings is 1. The topological polar surface area (TPSA) is 21.3 Å². The minimum Gasteiger partial charge on any atom is -0.472 e. The Bertz CT molecular complexity index is 816. The van der Waals surface area contributed by atoms with Crippen LogP contribution in [0.15, 0.2) is 59.5 Å². The largest absolute Gasteiger partial charge is 0.472 e. The van der Waals surface area contributed by atoms with Gasteiger partial charge >= 0.3 is 0 Å². The number of hydrogen-bond acceptors (Lipinski definition) is 2. The molecule has 3 aromatic rings. The maximum Gasteiger partial charge on any atom is 0.0947 e. The first-order chi connectivity index (χ1) is 11.7. The summed E-state index contributed by atoms with van der Waals surface area (Å²) >= 11 is 0. The zero-order valence-corrected chi connectivity index (χ0v) is 14.4. The first-order valence-corrected chi connectivity index (χ1v) is 8.70. The van der Waals surface area contributed by atoms with E-state index in [2.05, 4.69) is 65.9 Å². The van der Waals surface area contributed by atoms with Gasteiger partial charge in [0, 0.05) is 37.1 Å². The molecule has 0 aliphatic carbocycles. The molecule has 0 N–H and O–H groups in total. The predicted octanol–water partition coefficient (Wildman–Crippen LogP) is 4.69. The van der Waals surface area contributed by atoms with Crippen LogP contribution in [0.4, 0.5) is 0 Å². The molecule has 0 amide bonds. The standard InChI is InChI=1S/C21H24N2O/c1-16-6-7-17(2)19(13-16)21-20-5-3-9-22(20)10-4-11-23(21)14-18-8-12-24-15-18/h3,5-9,12-13,15,21H,4,10-11,14H2,1-2H3. The Morgan fingerprint density at radius 1 is 1.12 bits per heavy atom. The average Bonchev–Trinajstić information content (AvgIpc) is 3.20. The van der Waals surface area contributed by atoms with Crippen molar-refractivity contribution >= 4 is 0 Å². The highest BCUT2D eigenvalue weighted by molar-refractivity contribution is 5.38. The highest BCUT2D eigenvalue weighted by atomic mass is 16.3. The normalized spacial score (nSPS) is 18.3. The van der Waals surface area contributed by atoms with Gasteiger partial charge in [-0.15, -0.1) is 0 Å². The van der Waals surface area contributed by atoms with Crippen molar-refractivity contribution in [2.45, 2.75) is 39.4 Å². The monoisotopic (exact) mass is 320 g/mol. The summed E-state index contributed by atoms with van der Waals surface area (Å²) in [5, 5.41) is 0. The van der Waals surface area contributed by atoms with Crippen molar-refractivity contribution in [3.63, 3.8) is 0 Å². The summed E-state index contributed by atoms with van der Waals surface area (Å²) in [6, 6.07) is 13.6. The van der Waals surface area contributed by atoms with E-state index in [4.69, 9.17) is 4.42 Å². The zero-order chi connectivity index (χ0) is 16.5. The van der Waals surface area contributed by atoms with Crippen molar-refractivity contribution < 1.29 is 4.42 Å². The van der Waals surface area contributed by atoms with E-state index >= 15 is 0 Å². The van der Waals surface area contributed by atoms with E-state index in [0.29, 0.717) is 0 Å². The third kappa shape index (κ3) is 2.80. The summed E-state index contributed by atoms with van der Waals surface area (Å²) < 4.78 is 7.71. The predicted molar refractivity (Wildman–Crippen MR) is 95.9 cm³/mol. The Balaban J connectivity index is 1.81. The lowest BCUT2D eigenvalue weighted by molar-refractivity contribution is 0.219. The summed E-state index contributed by atoms with van der Waals surface area (Å²) in [4.78, 5) is 2.59. The molecule has 0 saturated carbocycles. The van der Waals surface area contributed by atoms with Crippen LogP contribution in [-0.4, -0.2) is 16.0 Å². The Morgan fingerprint density at radius 3 is 2.88 bits per heavy atom. The van der Waals surface area contributed by atoms with E-state index in [1.165, 1.54) is 34.4 Å². The van der Waals surface area contributed by atoms with Crippen LogP contribution in [0.1, 0.15) is 40.4 Å². The lowest BCUT2D eigenvalue weighted by Gasteiger charge is -2.31. The SMILES string of the molecule is Cc1ccc(C)c(C2c3cccn3CCCN2Cc2ccoc2)c1. The highest BCUT2D eigenvalue weighted by Crippen LogP contribution is 2.35. The van der Waals surface area contributed by atoms with Crippen molar-refractivity contribution in [3.05, 3.63) is 83.1 Å². The van der Waals surface area contributed by atoms with Crippen LogP contribution in [0.2, 0.25) is 0 Å². The van der Waals surface area contributed by atoms with Gasteiger partial charge in [-0.05, 0) is 49.6 Å². The van der Waals surface area contributed by atoms with E-state index in [9.17, 15) is 0 Å². The van der Waals surface area contributed by atoms with Gasteiger partial charge in [0.2, 0.25) is 0 Å². The van der Waals surface area contributed by atoms with Gasteiger partial charge in [0.15, 0.2) is 0 Å². The molecule has 0 saturated heterocycles. The van der Waals surface area contributed by atoms with Gasteiger partial charge in [-0.25, -0.2) is 0 Å². The lowest BCUT2D eigenvalue weighted by Crippen LogP contribution is -2.30. The van der Waals surface area contributed by atoms with Crippen LogP contribution >= 0.6 is 0 Å². The van der Waals surface area contributed by atoms with Crippen LogP contribution in [0, 0.1) is 13.8 Å². The fourth-order valence-electron chi connectivity index (χ4n) is 3.84. The van der Waals surface area contributed by atoms with Crippen molar-refractivity contribution in [3.8, 4) is 0 Å². The van der Waals surface area contributed by atoms with Crippen LogP contribution < -0.4 is 0 Å². The number of furan rings is 1. The number of hydrogen-bond donors (Lipinski definition) is 0. The van der Waals surface area contributed by atoms with Crippen LogP contribution in [-0.2, 0) is 13.1 Å². The van der Waals surface area contributed by atoms with Crippen LogP contribution in [0.25, 0.3) is 0 Å². The molecule has 0 bridgehead atoms. The van der Waals surface area contributed by atoms with Gasteiger partial charge in [-0.3, -0.25) is 4.90 Å². The second-order valence-electron chi connectivity index (χ2n) is 6.84. The summed E-state index contributed by atoms with van der Waals surface area (Å²) in [5.74, 6) is 0. The zero-order valence-electron chi connectivity index (χ0n) is 14.4. The van der Waals surface area contributed by atoms with E-state index in [1.807, 2.05) is 6.26 Å². The lowest BCUT2D eigenvalue weighted by atomic mass is 9.95.